The monoisotopic (exact) mass is 256 g/mol. The number of halogens is 1. The second-order valence-electron chi connectivity index (χ2n) is 4.09. The molecule has 2 nitrogen and oxygen atoms in total. The summed E-state index contributed by atoms with van der Waals surface area (Å²) in [6.45, 7) is 0. The average Bonchev–Trinajstić information content (AvgIpc) is 2.15. The minimum atomic E-state index is -0.730. The molecule has 1 N–H and O–H groups in total. The van der Waals surface area contributed by atoms with Gasteiger partial charge in [0.25, 0.3) is 0 Å². The van der Waals surface area contributed by atoms with E-state index in [1.807, 2.05) is 18.4 Å². The molecule has 0 bridgehead atoms. The van der Waals surface area contributed by atoms with Crippen molar-refractivity contribution in [1.82, 2.24) is 0 Å². The van der Waals surface area contributed by atoms with Gasteiger partial charge in [-0.3, -0.25) is 4.79 Å². The minimum absolute atomic E-state index is 0.650. The lowest BCUT2D eigenvalue weighted by atomic mass is 9.64. The molecule has 1 saturated carbocycles. The summed E-state index contributed by atoms with van der Waals surface area (Å²) in [5.74, 6) is -0.730. The summed E-state index contributed by atoms with van der Waals surface area (Å²) < 4.78 is 0. The Labute approximate surface area is 104 Å². The van der Waals surface area contributed by atoms with E-state index in [-0.39, 0.29) is 0 Å². The maximum atomic E-state index is 11.3. The van der Waals surface area contributed by atoms with E-state index >= 15 is 0 Å². The molecule has 86 valence electrons. The minimum Gasteiger partial charge on any atom is -0.481 e. The molecule has 0 amide bonds. The Morgan fingerprint density at radius 2 is 2.19 bits per heavy atom. The van der Waals surface area contributed by atoms with Crippen LogP contribution in [0.2, 0.25) is 5.02 Å². The highest BCUT2D eigenvalue weighted by molar-refractivity contribution is 7.98. The van der Waals surface area contributed by atoms with Crippen molar-refractivity contribution in [3.05, 3.63) is 28.8 Å². The standard InChI is InChI=1S/C12H13ClO2S/c1-16-10-4-3-8(7-9(10)13)12(11(14)15)5-2-6-12/h3-4,7H,2,5-6H2,1H3,(H,14,15). The number of carboxylic acid groups (broad SMARTS) is 1. The molecule has 1 aromatic carbocycles. The predicted molar refractivity (Wildman–Crippen MR) is 66.4 cm³/mol. The third-order valence-electron chi connectivity index (χ3n) is 3.32. The molecule has 0 atom stereocenters. The van der Waals surface area contributed by atoms with Crippen molar-refractivity contribution in [2.24, 2.45) is 0 Å². The van der Waals surface area contributed by atoms with E-state index in [1.54, 1.807) is 17.8 Å². The van der Waals surface area contributed by atoms with E-state index in [4.69, 9.17) is 11.6 Å². The van der Waals surface area contributed by atoms with Crippen LogP contribution in [0.25, 0.3) is 0 Å². The highest BCUT2D eigenvalue weighted by Crippen LogP contribution is 2.45. The van der Waals surface area contributed by atoms with E-state index in [0.717, 1.165) is 29.7 Å². The highest BCUT2D eigenvalue weighted by atomic mass is 35.5. The molecule has 0 unspecified atom stereocenters. The van der Waals surface area contributed by atoms with Gasteiger partial charge in [-0.1, -0.05) is 24.1 Å². The molecule has 1 aliphatic carbocycles. The van der Waals surface area contributed by atoms with E-state index in [9.17, 15) is 9.90 Å². The smallest absolute Gasteiger partial charge is 0.314 e. The number of thioether (sulfide) groups is 1. The third-order valence-corrected chi connectivity index (χ3v) is 4.54. The second-order valence-corrected chi connectivity index (χ2v) is 5.35. The number of aliphatic carboxylic acids is 1. The number of carboxylic acids is 1. The van der Waals surface area contributed by atoms with Crippen LogP contribution < -0.4 is 0 Å². The number of benzene rings is 1. The Morgan fingerprint density at radius 3 is 2.56 bits per heavy atom. The zero-order chi connectivity index (χ0) is 11.8. The van der Waals surface area contributed by atoms with Crippen LogP contribution in [0.4, 0.5) is 0 Å². The van der Waals surface area contributed by atoms with Gasteiger partial charge in [-0.15, -0.1) is 11.8 Å². The van der Waals surface area contributed by atoms with Crippen LogP contribution >= 0.6 is 23.4 Å². The zero-order valence-electron chi connectivity index (χ0n) is 9.00. The van der Waals surface area contributed by atoms with Gasteiger partial charge in [-0.2, -0.15) is 0 Å². The van der Waals surface area contributed by atoms with E-state index in [0.29, 0.717) is 5.02 Å². The maximum Gasteiger partial charge on any atom is 0.314 e. The van der Waals surface area contributed by atoms with E-state index < -0.39 is 11.4 Å². The summed E-state index contributed by atoms with van der Waals surface area (Å²) in [5, 5.41) is 9.96. The van der Waals surface area contributed by atoms with Crippen molar-refractivity contribution < 1.29 is 9.90 Å². The molecule has 1 aliphatic rings. The van der Waals surface area contributed by atoms with E-state index in [2.05, 4.69) is 0 Å². The lowest BCUT2D eigenvalue weighted by Gasteiger charge is -2.38. The van der Waals surface area contributed by atoms with Crippen LogP contribution in [0.5, 0.6) is 0 Å². The topological polar surface area (TPSA) is 37.3 Å². The first kappa shape index (κ1) is 11.8. The molecule has 1 aromatic rings. The first-order valence-electron chi connectivity index (χ1n) is 5.17. The summed E-state index contributed by atoms with van der Waals surface area (Å²) in [7, 11) is 0. The number of hydrogen-bond donors (Lipinski definition) is 1. The van der Waals surface area contributed by atoms with Gasteiger partial charge in [0.05, 0.1) is 10.4 Å². The summed E-state index contributed by atoms with van der Waals surface area (Å²) in [6.07, 6.45) is 4.37. The fourth-order valence-corrected chi connectivity index (χ4v) is 2.99. The quantitative estimate of drug-likeness (QED) is 0.840. The van der Waals surface area contributed by atoms with Crippen molar-refractivity contribution in [3.8, 4) is 0 Å². The highest BCUT2D eigenvalue weighted by Gasteiger charge is 2.45. The second kappa shape index (κ2) is 4.30. The summed E-state index contributed by atoms with van der Waals surface area (Å²) in [5.41, 5.74) is 0.162. The van der Waals surface area contributed by atoms with Crippen LogP contribution in [0.15, 0.2) is 23.1 Å². The molecule has 0 spiro atoms. The Bertz CT molecular complexity index is 427. The number of carbonyl (C=O) groups is 1. The normalized spacial score (nSPS) is 17.9. The van der Waals surface area contributed by atoms with Crippen molar-refractivity contribution in [3.63, 3.8) is 0 Å². The lowest BCUT2D eigenvalue weighted by molar-refractivity contribution is -0.147. The first-order valence-corrected chi connectivity index (χ1v) is 6.78. The molecular formula is C12H13ClO2S. The van der Waals surface area contributed by atoms with Gasteiger partial charge in [-0.25, -0.2) is 0 Å². The molecule has 4 heteroatoms. The third kappa shape index (κ3) is 1.72. The fraction of sp³-hybridized carbons (Fsp3) is 0.417. The summed E-state index contributed by atoms with van der Waals surface area (Å²) in [6, 6.07) is 5.61. The van der Waals surface area contributed by atoms with Crippen LogP contribution in [-0.4, -0.2) is 17.3 Å². The number of hydrogen-bond acceptors (Lipinski definition) is 2. The Kier molecular flexibility index (Phi) is 3.17. The number of rotatable bonds is 3. The first-order chi connectivity index (χ1) is 7.60. The molecule has 16 heavy (non-hydrogen) atoms. The largest absolute Gasteiger partial charge is 0.481 e. The van der Waals surface area contributed by atoms with Crippen LogP contribution in [-0.2, 0) is 10.2 Å². The Morgan fingerprint density at radius 1 is 1.50 bits per heavy atom. The van der Waals surface area contributed by atoms with Crippen molar-refractivity contribution in [2.75, 3.05) is 6.26 Å². The molecule has 0 radical (unpaired) electrons. The average molecular weight is 257 g/mol. The van der Waals surface area contributed by atoms with Gasteiger partial charge in [0, 0.05) is 4.90 Å². The van der Waals surface area contributed by atoms with Crippen LogP contribution in [0.1, 0.15) is 24.8 Å². The molecule has 0 aliphatic heterocycles. The maximum absolute atomic E-state index is 11.3. The van der Waals surface area contributed by atoms with Gasteiger partial charge in [-0.05, 0) is 36.8 Å². The zero-order valence-corrected chi connectivity index (χ0v) is 10.6. The van der Waals surface area contributed by atoms with Gasteiger partial charge < -0.3 is 5.11 Å². The van der Waals surface area contributed by atoms with Gasteiger partial charge in [0.15, 0.2) is 0 Å². The van der Waals surface area contributed by atoms with Gasteiger partial charge in [0.1, 0.15) is 0 Å². The molecule has 0 heterocycles. The van der Waals surface area contributed by atoms with Crippen molar-refractivity contribution >= 4 is 29.3 Å². The van der Waals surface area contributed by atoms with Crippen LogP contribution in [0, 0.1) is 0 Å². The fourth-order valence-electron chi connectivity index (χ4n) is 2.12. The SMILES string of the molecule is CSc1ccc(C2(C(=O)O)CCC2)cc1Cl. The van der Waals surface area contributed by atoms with Gasteiger partial charge >= 0.3 is 5.97 Å². The lowest BCUT2D eigenvalue weighted by Crippen LogP contribution is -2.42. The van der Waals surface area contributed by atoms with Crippen LogP contribution in [0.3, 0.4) is 0 Å². The van der Waals surface area contributed by atoms with Gasteiger partial charge in [0.2, 0.25) is 0 Å². The summed E-state index contributed by atoms with van der Waals surface area (Å²) in [4.78, 5) is 12.3. The Hall–Kier alpha value is -0.670. The molecular weight excluding hydrogens is 244 g/mol. The molecule has 2 rings (SSSR count). The summed E-state index contributed by atoms with van der Waals surface area (Å²) >= 11 is 7.68. The van der Waals surface area contributed by atoms with Crippen molar-refractivity contribution in [1.29, 1.82) is 0 Å². The molecule has 0 aromatic heterocycles. The predicted octanol–water partition coefficient (Wildman–Crippen LogP) is 3.57. The molecule has 0 saturated heterocycles. The Balaban J connectivity index is 2.40. The van der Waals surface area contributed by atoms with E-state index in [1.165, 1.54) is 0 Å². The van der Waals surface area contributed by atoms with Crippen molar-refractivity contribution in [2.45, 2.75) is 29.6 Å². The molecule has 1 fully saturated rings.